The quantitative estimate of drug-likeness (QED) is 0.846. The lowest BCUT2D eigenvalue weighted by Crippen LogP contribution is -2.50. The molecule has 136 valence electrons. The summed E-state index contributed by atoms with van der Waals surface area (Å²) in [4.78, 5) is 26.1. The van der Waals surface area contributed by atoms with E-state index in [1.807, 2.05) is 48.4 Å². The molecule has 0 saturated carbocycles. The van der Waals surface area contributed by atoms with E-state index >= 15 is 0 Å². The van der Waals surface area contributed by atoms with Gasteiger partial charge in [-0.05, 0) is 12.5 Å². The molecular formula is C20H24N4O2. The molecular weight excluding hydrogens is 328 g/mol. The van der Waals surface area contributed by atoms with Gasteiger partial charge in [-0.2, -0.15) is 0 Å². The first-order chi connectivity index (χ1) is 12.7. The minimum atomic E-state index is -0.109. The van der Waals surface area contributed by atoms with E-state index in [0.29, 0.717) is 19.7 Å². The summed E-state index contributed by atoms with van der Waals surface area (Å²) in [5.74, 6) is 0.857. The molecule has 2 aliphatic rings. The highest BCUT2D eigenvalue weighted by Crippen LogP contribution is 2.21. The number of benzene rings is 1. The summed E-state index contributed by atoms with van der Waals surface area (Å²) in [6.45, 7) is 6.27. The van der Waals surface area contributed by atoms with Crippen molar-refractivity contribution in [3.8, 4) is 0 Å². The van der Waals surface area contributed by atoms with E-state index in [2.05, 4.69) is 9.88 Å². The van der Waals surface area contributed by atoms with E-state index in [0.717, 1.165) is 48.9 Å². The van der Waals surface area contributed by atoms with Gasteiger partial charge in [0, 0.05) is 44.4 Å². The van der Waals surface area contributed by atoms with Crippen molar-refractivity contribution in [1.29, 1.82) is 0 Å². The third-order valence-corrected chi connectivity index (χ3v) is 5.23. The molecule has 0 spiro atoms. The van der Waals surface area contributed by atoms with Crippen LogP contribution in [0.3, 0.4) is 0 Å². The Labute approximate surface area is 153 Å². The Kier molecular flexibility index (Phi) is 4.84. The van der Waals surface area contributed by atoms with Crippen LogP contribution in [0, 0.1) is 0 Å². The minimum absolute atomic E-state index is 0.109. The number of ether oxygens (including phenoxy) is 1. The average molecular weight is 352 g/mol. The number of nitrogens with zero attached hydrogens (tertiary/aromatic N) is 4. The van der Waals surface area contributed by atoms with Crippen molar-refractivity contribution in [2.24, 2.45) is 0 Å². The zero-order valence-electron chi connectivity index (χ0n) is 15.1. The number of anilines is 1. The highest BCUT2D eigenvalue weighted by Gasteiger charge is 2.27. The maximum Gasteiger partial charge on any atom is 0.229 e. The molecule has 6 heteroatoms. The first kappa shape index (κ1) is 17.0. The molecule has 1 aromatic heterocycles. The van der Waals surface area contributed by atoms with Crippen molar-refractivity contribution in [3.63, 3.8) is 0 Å². The fourth-order valence-electron chi connectivity index (χ4n) is 3.56. The molecule has 26 heavy (non-hydrogen) atoms. The van der Waals surface area contributed by atoms with Gasteiger partial charge in [-0.15, -0.1) is 0 Å². The normalized spacial score (nSPS) is 18.3. The summed E-state index contributed by atoms with van der Waals surface area (Å²) in [6.07, 6.45) is 2.73. The summed E-state index contributed by atoms with van der Waals surface area (Å²) in [7, 11) is 0. The van der Waals surface area contributed by atoms with Crippen molar-refractivity contribution in [3.05, 3.63) is 53.3 Å². The predicted molar refractivity (Wildman–Crippen MR) is 99.0 cm³/mol. The average Bonchev–Trinajstić information content (AvgIpc) is 2.73. The number of piperazine rings is 1. The number of hydrogen-bond acceptors (Lipinski definition) is 5. The topological polar surface area (TPSA) is 58.6 Å². The Balaban J connectivity index is 1.39. The SMILES string of the molecule is C[C@@H](C(=O)N1CCN(c2ncc3c(n2)CCOC3)CC1)c1ccccc1. The highest BCUT2D eigenvalue weighted by molar-refractivity contribution is 5.83. The molecule has 0 radical (unpaired) electrons. The fourth-order valence-corrected chi connectivity index (χ4v) is 3.56. The molecule has 2 aromatic rings. The molecule has 2 aliphatic heterocycles. The molecule has 1 fully saturated rings. The zero-order chi connectivity index (χ0) is 17.9. The molecule has 0 N–H and O–H groups in total. The van der Waals surface area contributed by atoms with Gasteiger partial charge in [-0.25, -0.2) is 9.97 Å². The lowest BCUT2D eigenvalue weighted by Gasteiger charge is -2.36. The van der Waals surface area contributed by atoms with Crippen LogP contribution in [0.1, 0.15) is 29.7 Å². The second-order valence-corrected chi connectivity index (χ2v) is 6.89. The van der Waals surface area contributed by atoms with Crippen LogP contribution in [-0.4, -0.2) is 53.6 Å². The molecule has 4 rings (SSSR count). The van der Waals surface area contributed by atoms with E-state index in [-0.39, 0.29) is 11.8 Å². The van der Waals surface area contributed by atoms with Gasteiger partial charge in [-0.1, -0.05) is 30.3 Å². The van der Waals surface area contributed by atoms with Gasteiger partial charge in [0.05, 0.1) is 24.8 Å². The van der Waals surface area contributed by atoms with E-state index in [1.165, 1.54) is 0 Å². The number of aromatic nitrogens is 2. The van der Waals surface area contributed by atoms with Crippen molar-refractivity contribution >= 4 is 11.9 Å². The molecule has 1 atom stereocenters. The molecule has 1 amide bonds. The van der Waals surface area contributed by atoms with Crippen LogP contribution in [0.4, 0.5) is 5.95 Å². The van der Waals surface area contributed by atoms with Crippen LogP contribution in [-0.2, 0) is 22.6 Å². The predicted octanol–water partition coefficient (Wildman–Crippen LogP) is 2.00. The van der Waals surface area contributed by atoms with Gasteiger partial charge in [0.25, 0.3) is 0 Å². The minimum Gasteiger partial charge on any atom is -0.376 e. The van der Waals surface area contributed by atoms with E-state index in [1.54, 1.807) is 0 Å². The van der Waals surface area contributed by atoms with E-state index in [4.69, 9.17) is 9.72 Å². The number of carbonyl (C=O) groups is 1. The fraction of sp³-hybridized carbons (Fsp3) is 0.450. The van der Waals surface area contributed by atoms with Crippen LogP contribution in [0.5, 0.6) is 0 Å². The molecule has 1 saturated heterocycles. The Morgan fingerprint density at radius 2 is 1.92 bits per heavy atom. The van der Waals surface area contributed by atoms with Crippen molar-refractivity contribution in [2.45, 2.75) is 25.9 Å². The molecule has 0 aliphatic carbocycles. The second-order valence-electron chi connectivity index (χ2n) is 6.89. The number of rotatable bonds is 3. The van der Waals surface area contributed by atoms with E-state index in [9.17, 15) is 4.79 Å². The van der Waals surface area contributed by atoms with Crippen LogP contribution in [0.25, 0.3) is 0 Å². The third-order valence-electron chi connectivity index (χ3n) is 5.23. The molecule has 0 unspecified atom stereocenters. The third kappa shape index (κ3) is 3.42. The van der Waals surface area contributed by atoms with Gasteiger partial charge in [0.1, 0.15) is 0 Å². The van der Waals surface area contributed by atoms with Crippen molar-refractivity contribution < 1.29 is 9.53 Å². The number of carbonyl (C=O) groups excluding carboxylic acids is 1. The first-order valence-corrected chi connectivity index (χ1v) is 9.23. The summed E-state index contributed by atoms with van der Waals surface area (Å²) >= 11 is 0. The Morgan fingerprint density at radius 3 is 2.69 bits per heavy atom. The number of amides is 1. The maximum absolute atomic E-state index is 12.8. The number of hydrogen-bond donors (Lipinski definition) is 0. The van der Waals surface area contributed by atoms with Gasteiger partial charge in [-0.3, -0.25) is 4.79 Å². The largest absolute Gasteiger partial charge is 0.376 e. The van der Waals surface area contributed by atoms with Crippen LogP contribution >= 0.6 is 0 Å². The lowest BCUT2D eigenvalue weighted by atomic mass is 9.99. The monoisotopic (exact) mass is 352 g/mol. The Hall–Kier alpha value is -2.47. The van der Waals surface area contributed by atoms with E-state index < -0.39 is 0 Å². The standard InChI is InChI=1S/C20H24N4O2/c1-15(16-5-3-2-4-6-16)19(25)23-8-10-24(11-9-23)20-21-13-17-14-26-12-7-18(17)22-20/h2-6,13,15H,7-12,14H2,1H3/t15-/m1/s1. The Morgan fingerprint density at radius 1 is 1.15 bits per heavy atom. The second kappa shape index (κ2) is 7.41. The van der Waals surface area contributed by atoms with Crippen LogP contribution in [0.2, 0.25) is 0 Å². The smallest absolute Gasteiger partial charge is 0.229 e. The van der Waals surface area contributed by atoms with Gasteiger partial charge in [0.15, 0.2) is 0 Å². The van der Waals surface area contributed by atoms with Crippen LogP contribution in [0.15, 0.2) is 36.5 Å². The summed E-state index contributed by atoms with van der Waals surface area (Å²) in [6, 6.07) is 9.97. The molecule has 1 aromatic carbocycles. The Bertz CT molecular complexity index is 773. The van der Waals surface area contributed by atoms with Gasteiger partial charge in [0.2, 0.25) is 11.9 Å². The van der Waals surface area contributed by atoms with Crippen molar-refractivity contribution in [1.82, 2.24) is 14.9 Å². The van der Waals surface area contributed by atoms with Crippen molar-refractivity contribution in [2.75, 3.05) is 37.7 Å². The van der Waals surface area contributed by atoms with Gasteiger partial charge < -0.3 is 14.5 Å². The summed E-state index contributed by atoms with van der Waals surface area (Å²) < 4.78 is 5.44. The van der Waals surface area contributed by atoms with Crippen LogP contribution < -0.4 is 4.90 Å². The molecule has 6 nitrogen and oxygen atoms in total. The molecule has 3 heterocycles. The highest BCUT2D eigenvalue weighted by atomic mass is 16.5. The first-order valence-electron chi connectivity index (χ1n) is 9.23. The number of fused-ring (bicyclic) bond motifs is 1. The van der Waals surface area contributed by atoms with Gasteiger partial charge >= 0.3 is 0 Å². The molecule has 0 bridgehead atoms. The lowest BCUT2D eigenvalue weighted by molar-refractivity contribution is -0.132. The zero-order valence-corrected chi connectivity index (χ0v) is 15.1. The maximum atomic E-state index is 12.8. The summed E-state index contributed by atoms with van der Waals surface area (Å²) in [5.41, 5.74) is 3.25. The summed E-state index contributed by atoms with van der Waals surface area (Å²) in [5, 5.41) is 0.